The molecule has 0 aliphatic carbocycles. The molecule has 0 saturated carbocycles. The van der Waals surface area contributed by atoms with Crippen molar-refractivity contribution in [1.29, 1.82) is 0 Å². The van der Waals surface area contributed by atoms with Gasteiger partial charge >= 0.3 is 0 Å². The molecule has 2 aromatic carbocycles. The quantitative estimate of drug-likeness (QED) is 0.558. The van der Waals surface area contributed by atoms with Crippen LogP contribution in [0.4, 0.5) is 0 Å². The number of nitrogens with zero attached hydrogens (tertiary/aromatic N) is 2. The molecular formula is C23H24N2O4. The molecule has 6 heteroatoms. The maximum Gasteiger partial charge on any atom is 0.297 e. The van der Waals surface area contributed by atoms with Crippen LogP contribution < -0.4 is 10.3 Å². The number of aliphatic hydroxyl groups excluding tert-OH is 1. The Bertz CT molecular complexity index is 1220. The van der Waals surface area contributed by atoms with Crippen LogP contribution in [0.3, 0.4) is 0 Å². The molecule has 0 bridgehead atoms. The lowest BCUT2D eigenvalue weighted by atomic mass is 9.86. The Labute approximate surface area is 168 Å². The summed E-state index contributed by atoms with van der Waals surface area (Å²) < 4.78 is 12.9. The lowest BCUT2D eigenvalue weighted by Gasteiger charge is -2.23. The van der Waals surface area contributed by atoms with Gasteiger partial charge in [-0.25, -0.2) is 4.98 Å². The summed E-state index contributed by atoms with van der Waals surface area (Å²) in [6, 6.07) is 15.2. The number of fused-ring (bicyclic) bond motifs is 3. The number of rotatable bonds is 5. The first-order valence-electron chi connectivity index (χ1n) is 9.61. The standard InChI is InChI=1S/C23H24N2O4/c1-23(2,3)17-9-5-7-11-19(17)28-13-15(26)12-25-14-24-20-16-8-4-6-10-18(16)29-21(20)22(25)27/h4-11,14-15,26H,12-13H2,1-3H3. The highest BCUT2D eigenvalue weighted by Gasteiger charge is 2.20. The van der Waals surface area contributed by atoms with E-state index in [2.05, 4.69) is 25.8 Å². The van der Waals surface area contributed by atoms with E-state index >= 15 is 0 Å². The van der Waals surface area contributed by atoms with E-state index in [4.69, 9.17) is 9.15 Å². The summed E-state index contributed by atoms with van der Waals surface area (Å²) in [7, 11) is 0. The third-order valence-corrected chi connectivity index (χ3v) is 4.88. The predicted octanol–water partition coefficient (Wildman–Crippen LogP) is 3.88. The fourth-order valence-electron chi connectivity index (χ4n) is 3.42. The van der Waals surface area contributed by atoms with Crippen molar-refractivity contribution in [2.45, 2.75) is 38.8 Å². The van der Waals surface area contributed by atoms with Crippen molar-refractivity contribution in [2.75, 3.05) is 6.61 Å². The lowest BCUT2D eigenvalue weighted by molar-refractivity contribution is 0.0904. The van der Waals surface area contributed by atoms with Gasteiger partial charge in [-0.3, -0.25) is 9.36 Å². The summed E-state index contributed by atoms with van der Waals surface area (Å²) >= 11 is 0. The lowest BCUT2D eigenvalue weighted by Crippen LogP contribution is -2.30. The third-order valence-electron chi connectivity index (χ3n) is 4.88. The monoisotopic (exact) mass is 392 g/mol. The smallest absolute Gasteiger partial charge is 0.297 e. The average molecular weight is 392 g/mol. The zero-order valence-corrected chi connectivity index (χ0v) is 16.8. The molecule has 2 aromatic heterocycles. The number of hydrogen-bond donors (Lipinski definition) is 1. The van der Waals surface area contributed by atoms with Crippen molar-refractivity contribution in [3.8, 4) is 5.75 Å². The van der Waals surface area contributed by atoms with Crippen LogP contribution in [0.1, 0.15) is 26.3 Å². The van der Waals surface area contributed by atoms with E-state index in [0.29, 0.717) is 11.1 Å². The van der Waals surface area contributed by atoms with Crippen LogP contribution in [0.5, 0.6) is 5.75 Å². The SMILES string of the molecule is CC(C)(C)c1ccccc1OCC(O)Cn1cnc2c(oc3ccccc32)c1=O. The summed E-state index contributed by atoms with van der Waals surface area (Å²) in [5.74, 6) is 0.734. The van der Waals surface area contributed by atoms with Gasteiger partial charge in [0.05, 0.1) is 12.9 Å². The molecule has 4 rings (SSSR count). The topological polar surface area (TPSA) is 77.5 Å². The number of aliphatic hydroxyl groups is 1. The van der Waals surface area contributed by atoms with Crippen LogP contribution in [0.2, 0.25) is 0 Å². The molecule has 0 aliphatic heterocycles. The van der Waals surface area contributed by atoms with Gasteiger partial charge in [-0.2, -0.15) is 0 Å². The highest BCUT2D eigenvalue weighted by Crippen LogP contribution is 2.31. The molecule has 0 saturated heterocycles. The van der Waals surface area contributed by atoms with E-state index in [9.17, 15) is 9.90 Å². The molecule has 29 heavy (non-hydrogen) atoms. The van der Waals surface area contributed by atoms with E-state index < -0.39 is 6.10 Å². The van der Waals surface area contributed by atoms with Crippen LogP contribution in [-0.4, -0.2) is 27.4 Å². The second-order valence-electron chi connectivity index (χ2n) is 8.19. The molecule has 0 aliphatic rings. The van der Waals surface area contributed by atoms with E-state index in [1.807, 2.05) is 42.5 Å². The van der Waals surface area contributed by atoms with Gasteiger partial charge in [0.2, 0.25) is 5.58 Å². The molecule has 2 heterocycles. The molecule has 0 spiro atoms. The molecule has 0 radical (unpaired) electrons. The summed E-state index contributed by atoms with van der Waals surface area (Å²) in [5, 5.41) is 11.3. The van der Waals surface area contributed by atoms with Crippen molar-refractivity contribution < 1.29 is 14.3 Å². The van der Waals surface area contributed by atoms with Crippen LogP contribution in [0.15, 0.2) is 64.1 Å². The summed E-state index contributed by atoms with van der Waals surface area (Å²) in [6.07, 6.45) is 0.572. The van der Waals surface area contributed by atoms with Crippen molar-refractivity contribution >= 4 is 22.1 Å². The maximum absolute atomic E-state index is 12.8. The minimum atomic E-state index is -0.871. The average Bonchev–Trinajstić information content (AvgIpc) is 3.08. The molecule has 150 valence electrons. The molecule has 6 nitrogen and oxygen atoms in total. The number of benzene rings is 2. The zero-order valence-electron chi connectivity index (χ0n) is 16.8. The van der Waals surface area contributed by atoms with Gasteiger partial charge < -0.3 is 14.3 Å². The van der Waals surface area contributed by atoms with Crippen LogP contribution >= 0.6 is 0 Å². The van der Waals surface area contributed by atoms with Gasteiger partial charge in [-0.15, -0.1) is 0 Å². The Hall–Kier alpha value is -3.12. The van der Waals surface area contributed by atoms with Crippen molar-refractivity contribution in [1.82, 2.24) is 9.55 Å². The normalized spacial score (nSPS) is 13.1. The Morgan fingerprint density at radius 2 is 1.86 bits per heavy atom. The van der Waals surface area contributed by atoms with Crippen LogP contribution in [0, 0.1) is 0 Å². The van der Waals surface area contributed by atoms with Gasteiger partial charge in [-0.05, 0) is 29.2 Å². The molecule has 1 unspecified atom stereocenters. The Morgan fingerprint density at radius 1 is 1.14 bits per heavy atom. The number of furan rings is 1. The van der Waals surface area contributed by atoms with Crippen molar-refractivity contribution in [3.05, 3.63) is 70.8 Å². The predicted molar refractivity (Wildman–Crippen MR) is 112 cm³/mol. The van der Waals surface area contributed by atoms with E-state index in [1.54, 1.807) is 6.07 Å². The summed E-state index contributed by atoms with van der Waals surface area (Å²) in [5.41, 5.74) is 2.02. The first kappa shape index (κ1) is 19.2. The second kappa shape index (κ2) is 7.37. The van der Waals surface area contributed by atoms with Gasteiger partial charge in [-0.1, -0.05) is 51.1 Å². The Kier molecular flexibility index (Phi) is 4.88. The fraction of sp³-hybridized carbons (Fsp3) is 0.304. The number of hydrogen-bond acceptors (Lipinski definition) is 5. The van der Waals surface area contributed by atoms with Gasteiger partial charge in [0.15, 0.2) is 0 Å². The Morgan fingerprint density at radius 3 is 2.66 bits per heavy atom. The molecule has 1 atom stereocenters. The molecular weight excluding hydrogens is 368 g/mol. The summed E-state index contributed by atoms with van der Waals surface area (Å²) in [6.45, 7) is 6.46. The number of aromatic nitrogens is 2. The highest BCUT2D eigenvalue weighted by atomic mass is 16.5. The van der Waals surface area contributed by atoms with Gasteiger partial charge in [0.25, 0.3) is 5.56 Å². The molecule has 4 aromatic rings. The first-order chi connectivity index (χ1) is 13.8. The van der Waals surface area contributed by atoms with E-state index in [0.717, 1.165) is 16.7 Å². The van der Waals surface area contributed by atoms with Crippen LogP contribution in [0.25, 0.3) is 22.1 Å². The fourth-order valence-corrected chi connectivity index (χ4v) is 3.42. The van der Waals surface area contributed by atoms with Crippen LogP contribution in [-0.2, 0) is 12.0 Å². The number of para-hydroxylation sites is 2. The first-order valence-corrected chi connectivity index (χ1v) is 9.61. The van der Waals surface area contributed by atoms with Crippen molar-refractivity contribution in [2.24, 2.45) is 0 Å². The molecule has 1 N–H and O–H groups in total. The third kappa shape index (κ3) is 3.76. The second-order valence-corrected chi connectivity index (χ2v) is 8.19. The largest absolute Gasteiger partial charge is 0.491 e. The zero-order chi connectivity index (χ0) is 20.6. The van der Waals surface area contributed by atoms with Gasteiger partial charge in [0.1, 0.15) is 29.6 Å². The molecule has 0 amide bonds. The highest BCUT2D eigenvalue weighted by molar-refractivity contribution is 6.01. The van der Waals surface area contributed by atoms with Crippen molar-refractivity contribution in [3.63, 3.8) is 0 Å². The van der Waals surface area contributed by atoms with E-state index in [-0.39, 0.29) is 29.7 Å². The maximum atomic E-state index is 12.8. The Balaban J connectivity index is 1.53. The minimum Gasteiger partial charge on any atom is -0.491 e. The number of ether oxygens (including phenoxy) is 1. The van der Waals surface area contributed by atoms with Gasteiger partial charge in [0, 0.05) is 5.39 Å². The van der Waals surface area contributed by atoms with E-state index in [1.165, 1.54) is 10.9 Å². The minimum absolute atomic E-state index is 0.0660. The summed E-state index contributed by atoms with van der Waals surface area (Å²) in [4.78, 5) is 17.1. The molecule has 0 fully saturated rings.